The second-order valence-electron chi connectivity index (χ2n) is 5.44. The number of nitrogens with two attached hydrogens (primary N) is 1. The Labute approximate surface area is 116 Å². The van der Waals surface area contributed by atoms with Crippen LogP contribution in [0.1, 0.15) is 31.2 Å². The maximum Gasteiger partial charge on any atom is 0.118 e. The smallest absolute Gasteiger partial charge is 0.118 e. The zero-order valence-electron chi connectivity index (χ0n) is 11.8. The second-order valence-corrected chi connectivity index (χ2v) is 5.44. The van der Waals surface area contributed by atoms with Crippen molar-refractivity contribution in [1.29, 1.82) is 0 Å². The van der Waals surface area contributed by atoms with Gasteiger partial charge in [-0.05, 0) is 55.7 Å². The first-order chi connectivity index (χ1) is 9.28. The van der Waals surface area contributed by atoms with Crippen molar-refractivity contribution in [3.8, 4) is 5.75 Å². The van der Waals surface area contributed by atoms with Crippen molar-refractivity contribution in [2.75, 3.05) is 20.3 Å². The summed E-state index contributed by atoms with van der Waals surface area (Å²) in [5.74, 6) is 1.68. The van der Waals surface area contributed by atoms with E-state index < -0.39 is 0 Å². The van der Waals surface area contributed by atoms with Crippen LogP contribution in [-0.2, 0) is 11.2 Å². The van der Waals surface area contributed by atoms with Crippen molar-refractivity contribution < 1.29 is 9.47 Å². The van der Waals surface area contributed by atoms with Crippen LogP contribution in [0.15, 0.2) is 24.3 Å². The summed E-state index contributed by atoms with van der Waals surface area (Å²) in [7, 11) is 1.69. The van der Waals surface area contributed by atoms with E-state index >= 15 is 0 Å². The van der Waals surface area contributed by atoms with E-state index in [1.165, 1.54) is 18.4 Å². The summed E-state index contributed by atoms with van der Waals surface area (Å²) in [6.45, 7) is 1.83. The van der Waals surface area contributed by atoms with Gasteiger partial charge in [0, 0.05) is 19.3 Å². The third-order valence-corrected chi connectivity index (χ3v) is 3.94. The number of methoxy groups -OCH3 is 1. The number of rotatable bonds is 6. The SMILES string of the molecule is COc1ccc(CCC(N)CC2CCOCC2)cc1. The first-order valence-corrected chi connectivity index (χ1v) is 7.24. The molecule has 1 saturated heterocycles. The number of benzene rings is 1. The van der Waals surface area contributed by atoms with Crippen LogP contribution in [0.2, 0.25) is 0 Å². The van der Waals surface area contributed by atoms with E-state index in [2.05, 4.69) is 12.1 Å². The van der Waals surface area contributed by atoms with Crippen LogP contribution >= 0.6 is 0 Å². The Morgan fingerprint density at radius 1 is 1.26 bits per heavy atom. The van der Waals surface area contributed by atoms with Gasteiger partial charge in [-0.3, -0.25) is 0 Å². The van der Waals surface area contributed by atoms with E-state index in [0.717, 1.165) is 44.1 Å². The Bertz CT molecular complexity index is 358. The van der Waals surface area contributed by atoms with Gasteiger partial charge in [0.25, 0.3) is 0 Å². The second kappa shape index (κ2) is 7.51. The van der Waals surface area contributed by atoms with Crippen LogP contribution in [0.25, 0.3) is 0 Å². The van der Waals surface area contributed by atoms with Gasteiger partial charge in [-0.1, -0.05) is 12.1 Å². The van der Waals surface area contributed by atoms with Gasteiger partial charge in [-0.25, -0.2) is 0 Å². The molecular formula is C16H25NO2. The molecule has 106 valence electrons. The van der Waals surface area contributed by atoms with Crippen molar-refractivity contribution in [2.45, 2.75) is 38.1 Å². The standard InChI is InChI=1S/C16H25NO2/c1-18-16-6-3-13(4-7-16)2-5-15(17)12-14-8-10-19-11-9-14/h3-4,6-7,14-15H,2,5,8-12,17H2,1H3. The van der Waals surface area contributed by atoms with Crippen molar-refractivity contribution in [3.05, 3.63) is 29.8 Å². The topological polar surface area (TPSA) is 44.5 Å². The van der Waals surface area contributed by atoms with Crippen LogP contribution in [0.3, 0.4) is 0 Å². The first-order valence-electron chi connectivity index (χ1n) is 7.24. The Morgan fingerprint density at radius 2 is 1.95 bits per heavy atom. The quantitative estimate of drug-likeness (QED) is 0.858. The van der Waals surface area contributed by atoms with Gasteiger partial charge in [0.2, 0.25) is 0 Å². The molecule has 1 aromatic rings. The van der Waals surface area contributed by atoms with Gasteiger partial charge in [-0.2, -0.15) is 0 Å². The Balaban J connectivity index is 1.71. The molecular weight excluding hydrogens is 238 g/mol. The van der Waals surface area contributed by atoms with Gasteiger partial charge in [0.1, 0.15) is 5.75 Å². The molecule has 0 amide bonds. The number of hydrogen-bond donors (Lipinski definition) is 1. The fourth-order valence-electron chi connectivity index (χ4n) is 2.67. The monoisotopic (exact) mass is 263 g/mol. The van der Waals surface area contributed by atoms with Crippen LogP contribution in [0.5, 0.6) is 5.75 Å². The summed E-state index contributed by atoms with van der Waals surface area (Å²) in [6, 6.07) is 8.59. The maximum absolute atomic E-state index is 6.24. The molecule has 1 atom stereocenters. The van der Waals surface area contributed by atoms with E-state index in [1.54, 1.807) is 7.11 Å². The van der Waals surface area contributed by atoms with Crippen LogP contribution in [-0.4, -0.2) is 26.4 Å². The molecule has 0 spiro atoms. The summed E-state index contributed by atoms with van der Waals surface area (Å²) in [6.07, 6.45) is 5.60. The molecule has 19 heavy (non-hydrogen) atoms. The minimum absolute atomic E-state index is 0.310. The summed E-state index contributed by atoms with van der Waals surface area (Å²) in [4.78, 5) is 0. The van der Waals surface area contributed by atoms with Crippen LogP contribution in [0, 0.1) is 5.92 Å². The van der Waals surface area contributed by atoms with E-state index in [-0.39, 0.29) is 0 Å². The number of aryl methyl sites for hydroxylation is 1. The lowest BCUT2D eigenvalue weighted by Gasteiger charge is -2.24. The van der Waals surface area contributed by atoms with Crippen molar-refractivity contribution in [1.82, 2.24) is 0 Å². The predicted molar refractivity (Wildman–Crippen MR) is 77.5 cm³/mol. The average molecular weight is 263 g/mol. The lowest BCUT2D eigenvalue weighted by Crippen LogP contribution is -2.27. The first kappa shape index (κ1) is 14.4. The lowest BCUT2D eigenvalue weighted by atomic mass is 9.90. The molecule has 1 heterocycles. The average Bonchev–Trinajstić information content (AvgIpc) is 2.47. The van der Waals surface area contributed by atoms with E-state index in [1.807, 2.05) is 12.1 Å². The molecule has 1 aliphatic heterocycles. The molecule has 0 bridgehead atoms. The minimum Gasteiger partial charge on any atom is -0.497 e. The van der Waals surface area contributed by atoms with E-state index in [0.29, 0.717) is 6.04 Å². The summed E-state index contributed by atoms with van der Waals surface area (Å²) in [5, 5.41) is 0. The third kappa shape index (κ3) is 4.84. The molecule has 1 aromatic carbocycles. The normalized spacial score (nSPS) is 18.2. The highest BCUT2D eigenvalue weighted by molar-refractivity contribution is 5.27. The molecule has 0 saturated carbocycles. The van der Waals surface area contributed by atoms with Crippen molar-refractivity contribution >= 4 is 0 Å². The largest absolute Gasteiger partial charge is 0.497 e. The Hall–Kier alpha value is -1.06. The number of hydrogen-bond acceptors (Lipinski definition) is 3. The van der Waals surface area contributed by atoms with Gasteiger partial charge >= 0.3 is 0 Å². The van der Waals surface area contributed by atoms with Crippen molar-refractivity contribution in [2.24, 2.45) is 11.7 Å². The molecule has 1 fully saturated rings. The van der Waals surface area contributed by atoms with Gasteiger partial charge < -0.3 is 15.2 Å². The zero-order chi connectivity index (χ0) is 13.5. The Kier molecular flexibility index (Phi) is 5.67. The lowest BCUT2D eigenvalue weighted by molar-refractivity contribution is 0.0616. The molecule has 0 aromatic heterocycles. The molecule has 0 radical (unpaired) electrons. The highest BCUT2D eigenvalue weighted by Crippen LogP contribution is 2.21. The summed E-state index contributed by atoms with van der Waals surface area (Å²) < 4.78 is 10.5. The highest BCUT2D eigenvalue weighted by atomic mass is 16.5. The fraction of sp³-hybridized carbons (Fsp3) is 0.625. The molecule has 0 aliphatic carbocycles. The zero-order valence-corrected chi connectivity index (χ0v) is 11.8. The van der Waals surface area contributed by atoms with Gasteiger partial charge in [-0.15, -0.1) is 0 Å². The van der Waals surface area contributed by atoms with Crippen molar-refractivity contribution in [3.63, 3.8) is 0 Å². The summed E-state index contributed by atoms with van der Waals surface area (Å²) >= 11 is 0. The highest BCUT2D eigenvalue weighted by Gasteiger charge is 2.16. The molecule has 3 nitrogen and oxygen atoms in total. The molecule has 3 heteroatoms. The Morgan fingerprint density at radius 3 is 2.58 bits per heavy atom. The maximum atomic E-state index is 6.24. The minimum atomic E-state index is 0.310. The summed E-state index contributed by atoms with van der Waals surface area (Å²) in [5.41, 5.74) is 7.58. The fourth-order valence-corrected chi connectivity index (χ4v) is 2.67. The van der Waals surface area contributed by atoms with E-state index in [9.17, 15) is 0 Å². The molecule has 2 N–H and O–H groups in total. The van der Waals surface area contributed by atoms with Gasteiger partial charge in [0.15, 0.2) is 0 Å². The number of ether oxygens (including phenoxy) is 2. The van der Waals surface area contributed by atoms with Crippen LogP contribution < -0.4 is 10.5 Å². The van der Waals surface area contributed by atoms with E-state index in [4.69, 9.17) is 15.2 Å². The molecule has 1 aliphatic rings. The van der Waals surface area contributed by atoms with Crippen LogP contribution in [0.4, 0.5) is 0 Å². The predicted octanol–water partition coefficient (Wildman–Crippen LogP) is 2.77. The molecule has 1 unspecified atom stereocenters. The third-order valence-electron chi connectivity index (χ3n) is 3.94. The molecule has 2 rings (SSSR count). The van der Waals surface area contributed by atoms with Gasteiger partial charge in [0.05, 0.1) is 7.11 Å².